The molecule has 3 aliphatic rings. The lowest BCUT2D eigenvalue weighted by Crippen LogP contribution is -2.55. The number of alkyl halides is 3. The molecule has 242 valence electrons. The molecule has 15 heteroatoms. The van der Waals surface area contributed by atoms with Gasteiger partial charge in [-0.15, -0.1) is 0 Å². The van der Waals surface area contributed by atoms with Crippen molar-refractivity contribution in [1.29, 1.82) is 5.26 Å². The van der Waals surface area contributed by atoms with Gasteiger partial charge in [0.15, 0.2) is 5.83 Å². The van der Waals surface area contributed by atoms with E-state index in [1.165, 1.54) is 21.9 Å². The number of carbonyl (C=O) groups excluding carboxylic acids is 1. The molecule has 2 fully saturated rings. The topological polar surface area (TPSA) is 104 Å². The number of hydrogen-bond acceptors (Lipinski definition) is 9. The Morgan fingerprint density at radius 2 is 2.02 bits per heavy atom. The highest BCUT2D eigenvalue weighted by Crippen LogP contribution is 2.41. The van der Waals surface area contributed by atoms with E-state index in [1.54, 1.807) is 7.11 Å². The quantitative estimate of drug-likeness (QED) is 0.298. The van der Waals surface area contributed by atoms with Crippen molar-refractivity contribution in [2.75, 3.05) is 69.5 Å². The third-order valence-corrected chi connectivity index (χ3v) is 8.38. The third kappa shape index (κ3) is 6.81. The Labute approximate surface area is 257 Å². The highest BCUT2D eigenvalue weighted by molar-refractivity contribution is 5.91. The Kier molecular flexibility index (Phi) is 9.45. The molecular formula is C30H33F5N6O4. The van der Waals surface area contributed by atoms with E-state index in [2.05, 4.69) is 11.6 Å². The summed E-state index contributed by atoms with van der Waals surface area (Å²) in [7, 11) is 1.57. The van der Waals surface area contributed by atoms with Gasteiger partial charge >= 0.3 is 12.2 Å². The maximum absolute atomic E-state index is 14.5. The summed E-state index contributed by atoms with van der Waals surface area (Å²) in [5.41, 5.74) is -1.04. The Morgan fingerprint density at radius 3 is 2.69 bits per heavy atom. The number of amides is 1. The number of benzene rings is 1. The maximum Gasteiger partial charge on any atom is 0.421 e. The van der Waals surface area contributed by atoms with Crippen molar-refractivity contribution < 1.29 is 41.0 Å². The van der Waals surface area contributed by atoms with E-state index in [-0.39, 0.29) is 63.9 Å². The minimum absolute atomic E-state index is 0.0178. The van der Waals surface area contributed by atoms with Gasteiger partial charge in [-0.25, -0.2) is 8.78 Å². The summed E-state index contributed by atoms with van der Waals surface area (Å²) in [6, 6.07) is 4.59. The summed E-state index contributed by atoms with van der Waals surface area (Å²) in [5, 5.41) is 9.43. The van der Waals surface area contributed by atoms with Gasteiger partial charge in [-0.2, -0.15) is 28.4 Å². The smallest absolute Gasteiger partial charge is 0.421 e. The molecule has 0 aliphatic carbocycles. The summed E-state index contributed by atoms with van der Waals surface area (Å²) < 4.78 is 87.0. The van der Waals surface area contributed by atoms with Crippen LogP contribution in [0.1, 0.15) is 29.7 Å². The number of nitrogens with zero attached hydrogens (tertiary/aromatic N) is 6. The molecule has 0 saturated carbocycles. The van der Waals surface area contributed by atoms with E-state index in [0.29, 0.717) is 43.3 Å². The summed E-state index contributed by atoms with van der Waals surface area (Å²) in [5.74, 6) is -2.94. The minimum atomic E-state index is -4.91. The molecule has 0 bridgehead atoms. The van der Waals surface area contributed by atoms with Crippen LogP contribution < -0.4 is 14.5 Å². The Bertz CT molecular complexity index is 1480. The van der Waals surface area contributed by atoms with E-state index in [1.807, 2.05) is 11.0 Å². The van der Waals surface area contributed by atoms with Crippen LogP contribution in [0, 0.1) is 22.6 Å². The zero-order valence-electron chi connectivity index (χ0n) is 24.7. The molecule has 1 amide bonds. The lowest BCUT2D eigenvalue weighted by Gasteiger charge is -2.42. The molecular weight excluding hydrogens is 603 g/mol. The summed E-state index contributed by atoms with van der Waals surface area (Å²) in [6.07, 6.45) is -4.08. The summed E-state index contributed by atoms with van der Waals surface area (Å²) in [6.45, 7) is 5.04. The fourth-order valence-electron chi connectivity index (χ4n) is 6.17. The zero-order valence-corrected chi connectivity index (χ0v) is 24.7. The predicted molar refractivity (Wildman–Crippen MR) is 152 cm³/mol. The van der Waals surface area contributed by atoms with Crippen LogP contribution in [0.3, 0.4) is 0 Å². The van der Waals surface area contributed by atoms with Gasteiger partial charge in [-0.1, -0.05) is 12.6 Å². The van der Waals surface area contributed by atoms with Crippen molar-refractivity contribution in [3.05, 3.63) is 53.2 Å². The van der Waals surface area contributed by atoms with Crippen molar-refractivity contribution in [2.24, 2.45) is 5.41 Å². The molecule has 5 rings (SSSR count). The molecule has 0 unspecified atom stereocenters. The average molecular weight is 637 g/mol. The molecule has 4 heterocycles. The van der Waals surface area contributed by atoms with Gasteiger partial charge in [0.25, 0.3) is 5.91 Å². The second kappa shape index (κ2) is 13.1. The minimum Gasteiger partial charge on any atom is -0.463 e. The third-order valence-electron chi connectivity index (χ3n) is 8.38. The van der Waals surface area contributed by atoms with Gasteiger partial charge in [0, 0.05) is 45.5 Å². The van der Waals surface area contributed by atoms with E-state index in [9.17, 15) is 32.0 Å². The lowest BCUT2D eigenvalue weighted by atomic mass is 9.89. The molecule has 2 atom stereocenters. The first-order valence-corrected chi connectivity index (χ1v) is 14.4. The van der Waals surface area contributed by atoms with Crippen LogP contribution in [0.5, 0.6) is 6.01 Å². The van der Waals surface area contributed by atoms with Crippen LogP contribution in [0.15, 0.2) is 30.6 Å². The van der Waals surface area contributed by atoms with E-state index in [0.717, 1.165) is 6.07 Å². The molecule has 3 aliphatic heterocycles. The van der Waals surface area contributed by atoms with Gasteiger partial charge in [0.05, 0.1) is 55.1 Å². The number of hydrogen-bond donors (Lipinski definition) is 0. The van der Waals surface area contributed by atoms with Gasteiger partial charge < -0.3 is 28.9 Å². The van der Waals surface area contributed by atoms with Crippen LogP contribution in [0.4, 0.5) is 33.5 Å². The number of aromatic nitrogens is 2. The average Bonchev–Trinajstić information content (AvgIpc) is 3.47. The first kappa shape index (κ1) is 32.4. The molecule has 0 radical (unpaired) electrons. The van der Waals surface area contributed by atoms with Crippen molar-refractivity contribution in [3.63, 3.8) is 0 Å². The number of anilines is 2. The van der Waals surface area contributed by atoms with Crippen LogP contribution in [-0.4, -0.2) is 86.5 Å². The lowest BCUT2D eigenvalue weighted by molar-refractivity contribution is -0.139. The first-order valence-electron chi connectivity index (χ1n) is 14.4. The number of carbonyl (C=O) groups is 1. The fourth-order valence-corrected chi connectivity index (χ4v) is 6.17. The zero-order chi connectivity index (χ0) is 32.4. The van der Waals surface area contributed by atoms with Crippen LogP contribution in [0.25, 0.3) is 0 Å². The SMILES string of the molecule is C=C(F)C(=O)N1CCN(c2nc(OC[C@@]3(COC)CCOC3)nc3c2CCN(c2cccc(F)c2C(F)(F)F)C3)C[C@@H]1CC#N. The van der Waals surface area contributed by atoms with Crippen LogP contribution >= 0.6 is 0 Å². The molecule has 1 aromatic heterocycles. The summed E-state index contributed by atoms with van der Waals surface area (Å²) in [4.78, 5) is 26.3. The number of methoxy groups -OCH3 is 1. The van der Waals surface area contributed by atoms with Crippen LogP contribution in [-0.2, 0) is 33.4 Å². The molecule has 2 aromatic rings. The molecule has 10 nitrogen and oxygen atoms in total. The van der Waals surface area contributed by atoms with E-state index >= 15 is 0 Å². The normalized spacial score (nSPS) is 21.8. The number of nitriles is 1. The van der Waals surface area contributed by atoms with Crippen molar-refractivity contribution >= 4 is 17.4 Å². The highest BCUT2D eigenvalue weighted by atomic mass is 19.4. The fraction of sp³-hybridized carbons (Fsp3) is 0.533. The Morgan fingerprint density at radius 1 is 1.22 bits per heavy atom. The van der Waals surface area contributed by atoms with Crippen molar-refractivity contribution in [1.82, 2.24) is 14.9 Å². The van der Waals surface area contributed by atoms with Gasteiger partial charge in [0.1, 0.15) is 23.8 Å². The maximum atomic E-state index is 14.5. The molecule has 45 heavy (non-hydrogen) atoms. The van der Waals surface area contributed by atoms with E-state index < -0.39 is 40.7 Å². The molecule has 2 saturated heterocycles. The highest BCUT2D eigenvalue weighted by Gasteiger charge is 2.41. The Hall–Kier alpha value is -4.03. The molecule has 1 aromatic carbocycles. The second-order valence-corrected chi connectivity index (χ2v) is 11.4. The van der Waals surface area contributed by atoms with Crippen molar-refractivity contribution in [2.45, 2.75) is 38.0 Å². The Balaban J connectivity index is 1.50. The first-order chi connectivity index (χ1) is 21.5. The van der Waals surface area contributed by atoms with E-state index in [4.69, 9.17) is 19.2 Å². The van der Waals surface area contributed by atoms with Gasteiger partial charge in [0.2, 0.25) is 0 Å². The predicted octanol–water partition coefficient (Wildman–Crippen LogP) is 4.04. The molecule has 0 spiro atoms. The van der Waals surface area contributed by atoms with Gasteiger partial charge in [-0.05, 0) is 25.0 Å². The number of ether oxygens (including phenoxy) is 3. The van der Waals surface area contributed by atoms with Crippen LogP contribution in [0.2, 0.25) is 0 Å². The second-order valence-electron chi connectivity index (χ2n) is 11.4. The number of fused-ring (bicyclic) bond motifs is 1. The number of piperazine rings is 1. The monoisotopic (exact) mass is 636 g/mol. The molecule has 0 N–H and O–H groups in total. The standard InChI is InChI=1S/C30H33F5N6O4/c1-19(31)27(42)41-12-11-40(14-20(41)6-9-36)26-21-7-10-39(24-5-3-4-22(32)25(24)30(33,34)35)15-23(21)37-28(38-26)45-18-29(16-43-2)8-13-44-17-29/h3-5,20H,1,6-8,10-18H2,2H3/t20-,29+/m0/s1. The van der Waals surface area contributed by atoms with Crippen molar-refractivity contribution in [3.8, 4) is 12.1 Å². The number of halogens is 5. The van der Waals surface area contributed by atoms with Gasteiger partial charge in [-0.3, -0.25) is 4.79 Å². The number of rotatable bonds is 9. The summed E-state index contributed by atoms with van der Waals surface area (Å²) >= 11 is 0. The largest absolute Gasteiger partial charge is 0.463 e.